The van der Waals surface area contributed by atoms with Crippen molar-refractivity contribution in [3.63, 3.8) is 0 Å². The van der Waals surface area contributed by atoms with Gasteiger partial charge < -0.3 is 10.5 Å². The molecule has 2 nitrogen and oxygen atoms in total. The number of rotatable bonds is 3. The fourth-order valence-corrected chi connectivity index (χ4v) is 5.13. The first-order valence-corrected chi connectivity index (χ1v) is 7.72. The molecule has 0 amide bonds. The third kappa shape index (κ3) is 2.51. The average molecular weight is 383 g/mol. The fourth-order valence-electron chi connectivity index (χ4n) is 1.32. The molecule has 0 spiro atoms. The molecule has 1 unspecified atom stereocenters. The summed E-state index contributed by atoms with van der Waals surface area (Å²) in [6.07, 6.45) is 0. The van der Waals surface area contributed by atoms with Crippen molar-refractivity contribution in [2.45, 2.75) is 6.04 Å². The molecule has 0 fully saturated rings. The second-order valence-corrected chi connectivity index (χ2v) is 7.84. The number of hydrogen-bond acceptors (Lipinski definition) is 4. The van der Waals surface area contributed by atoms with Gasteiger partial charge in [0.25, 0.3) is 0 Å². The maximum absolute atomic E-state index is 6.21. The van der Waals surface area contributed by atoms with Crippen molar-refractivity contribution in [3.8, 4) is 5.75 Å². The molecule has 0 aliphatic carbocycles. The second kappa shape index (κ2) is 5.18. The van der Waals surface area contributed by atoms with E-state index in [9.17, 15) is 0 Å². The Morgan fingerprint density at radius 3 is 2.62 bits per heavy atom. The molecule has 0 aliphatic heterocycles. The molecule has 0 saturated heterocycles. The minimum Gasteiger partial charge on any atom is -0.496 e. The van der Waals surface area contributed by atoms with E-state index in [1.165, 1.54) is 0 Å². The Labute approximate surface area is 119 Å². The lowest BCUT2D eigenvalue weighted by Crippen LogP contribution is -2.09. The zero-order valence-corrected chi connectivity index (χ0v) is 13.2. The molecule has 2 rings (SSSR count). The van der Waals surface area contributed by atoms with Crippen molar-refractivity contribution in [1.29, 1.82) is 0 Å². The van der Waals surface area contributed by atoms with Crippen LogP contribution < -0.4 is 10.5 Å². The van der Waals surface area contributed by atoms with Gasteiger partial charge >= 0.3 is 0 Å². The van der Waals surface area contributed by atoms with Crippen LogP contribution in [0.25, 0.3) is 0 Å². The Balaban J connectivity index is 2.31. The Hall–Kier alpha value is 0.120. The van der Waals surface area contributed by atoms with Crippen molar-refractivity contribution in [2.24, 2.45) is 5.73 Å². The molecule has 2 aromatic rings. The largest absolute Gasteiger partial charge is 0.496 e. The van der Waals surface area contributed by atoms with E-state index in [4.69, 9.17) is 10.5 Å². The zero-order chi connectivity index (χ0) is 11.7. The second-order valence-electron chi connectivity index (χ2n) is 3.15. The standard InChI is InChI=1S/C10H9Br2NOS2/c1-14-5-2-7(15-4-5)9(13)6-3-8(11)16-10(6)12/h2-4,9H,13H2,1H3. The molecular weight excluding hydrogens is 374 g/mol. The highest BCUT2D eigenvalue weighted by Crippen LogP contribution is 2.38. The SMILES string of the molecule is COc1csc(C(N)c2cc(Br)sc2Br)c1. The van der Waals surface area contributed by atoms with Crippen LogP contribution >= 0.6 is 54.5 Å². The van der Waals surface area contributed by atoms with Crippen LogP contribution in [0, 0.1) is 0 Å². The van der Waals surface area contributed by atoms with Crippen LogP contribution in [0.15, 0.2) is 25.1 Å². The van der Waals surface area contributed by atoms with Gasteiger partial charge in [-0.05, 0) is 44.0 Å². The van der Waals surface area contributed by atoms with E-state index < -0.39 is 0 Å². The number of ether oxygens (including phenoxy) is 1. The Morgan fingerprint density at radius 1 is 1.38 bits per heavy atom. The van der Waals surface area contributed by atoms with Crippen LogP contribution in [0.2, 0.25) is 0 Å². The van der Waals surface area contributed by atoms with E-state index in [1.807, 2.05) is 17.5 Å². The highest BCUT2D eigenvalue weighted by atomic mass is 79.9. The molecule has 86 valence electrons. The number of hydrogen-bond donors (Lipinski definition) is 1. The molecule has 16 heavy (non-hydrogen) atoms. The van der Waals surface area contributed by atoms with E-state index in [1.54, 1.807) is 29.8 Å². The van der Waals surface area contributed by atoms with Gasteiger partial charge in [-0.1, -0.05) is 0 Å². The van der Waals surface area contributed by atoms with Gasteiger partial charge in [-0.25, -0.2) is 0 Å². The summed E-state index contributed by atoms with van der Waals surface area (Å²) in [5, 5.41) is 1.96. The predicted molar refractivity (Wildman–Crippen MR) is 76.6 cm³/mol. The first-order chi connectivity index (χ1) is 7.61. The van der Waals surface area contributed by atoms with E-state index in [0.29, 0.717) is 0 Å². The molecule has 0 aliphatic rings. The summed E-state index contributed by atoms with van der Waals surface area (Å²) in [4.78, 5) is 1.10. The Bertz CT molecular complexity index is 495. The number of methoxy groups -OCH3 is 1. The minimum absolute atomic E-state index is 0.106. The maximum Gasteiger partial charge on any atom is 0.129 e. The van der Waals surface area contributed by atoms with Crippen molar-refractivity contribution < 1.29 is 4.74 Å². The topological polar surface area (TPSA) is 35.2 Å². The molecule has 0 aromatic carbocycles. The summed E-state index contributed by atoms with van der Waals surface area (Å²) in [6, 6.07) is 3.92. The summed E-state index contributed by atoms with van der Waals surface area (Å²) in [7, 11) is 1.66. The summed E-state index contributed by atoms with van der Waals surface area (Å²) in [5.74, 6) is 0.862. The Morgan fingerprint density at radius 2 is 2.12 bits per heavy atom. The highest BCUT2D eigenvalue weighted by molar-refractivity contribution is 9.12. The van der Waals surface area contributed by atoms with Gasteiger partial charge in [-0.2, -0.15) is 0 Å². The lowest BCUT2D eigenvalue weighted by molar-refractivity contribution is 0.416. The van der Waals surface area contributed by atoms with Crippen molar-refractivity contribution in [2.75, 3.05) is 7.11 Å². The molecule has 0 radical (unpaired) electrons. The zero-order valence-electron chi connectivity index (χ0n) is 8.37. The van der Waals surface area contributed by atoms with Gasteiger partial charge in [-0.3, -0.25) is 0 Å². The lowest BCUT2D eigenvalue weighted by atomic mass is 10.1. The van der Waals surface area contributed by atoms with E-state index in [-0.39, 0.29) is 6.04 Å². The molecular formula is C10H9Br2NOS2. The molecule has 2 N–H and O–H groups in total. The average Bonchev–Trinajstić information content (AvgIpc) is 2.84. The van der Waals surface area contributed by atoms with Crippen molar-refractivity contribution in [3.05, 3.63) is 35.5 Å². The maximum atomic E-state index is 6.21. The summed E-state index contributed by atoms with van der Waals surface area (Å²) < 4.78 is 7.30. The van der Waals surface area contributed by atoms with Crippen LogP contribution in [-0.2, 0) is 0 Å². The molecule has 1 atom stereocenters. The molecule has 2 heterocycles. The highest BCUT2D eigenvalue weighted by Gasteiger charge is 2.17. The molecule has 2 aromatic heterocycles. The van der Waals surface area contributed by atoms with Crippen LogP contribution in [0.3, 0.4) is 0 Å². The monoisotopic (exact) mass is 381 g/mol. The van der Waals surface area contributed by atoms with Crippen LogP contribution in [0.5, 0.6) is 5.75 Å². The van der Waals surface area contributed by atoms with Gasteiger partial charge in [0, 0.05) is 15.8 Å². The van der Waals surface area contributed by atoms with Crippen LogP contribution in [0.1, 0.15) is 16.5 Å². The van der Waals surface area contributed by atoms with E-state index in [2.05, 4.69) is 31.9 Å². The van der Waals surface area contributed by atoms with Crippen molar-refractivity contribution in [1.82, 2.24) is 0 Å². The van der Waals surface area contributed by atoms with E-state index >= 15 is 0 Å². The predicted octanol–water partition coefficient (Wildman–Crippen LogP) is 4.39. The minimum atomic E-state index is -0.106. The normalized spacial score (nSPS) is 12.8. The first kappa shape index (κ1) is 12.6. The summed E-state index contributed by atoms with van der Waals surface area (Å²) in [5.41, 5.74) is 7.31. The van der Waals surface area contributed by atoms with Gasteiger partial charge in [0.05, 0.1) is 20.7 Å². The number of halogens is 2. The first-order valence-electron chi connectivity index (χ1n) is 4.44. The quantitative estimate of drug-likeness (QED) is 0.854. The fraction of sp³-hybridized carbons (Fsp3) is 0.200. The molecule has 0 bridgehead atoms. The van der Waals surface area contributed by atoms with Gasteiger partial charge in [0.2, 0.25) is 0 Å². The molecule has 6 heteroatoms. The number of thiophene rings is 2. The van der Waals surface area contributed by atoms with Gasteiger partial charge in [0.15, 0.2) is 0 Å². The third-order valence-corrected chi connectivity index (χ3v) is 5.54. The number of nitrogens with two attached hydrogens (primary N) is 1. The van der Waals surface area contributed by atoms with E-state index in [0.717, 1.165) is 23.8 Å². The van der Waals surface area contributed by atoms with Crippen LogP contribution in [-0.4, -0.2) is 7.11 Å². The third-order valence-electron chi connectivity index (χ3n) is 2.16. The summed E-state index contributed by atoms with van der Waals surface area (Å²) >= 11 is 10.2. The lowest BCUT2D eigenvalue weighted by Gasteiger charge is -2.07. The van der Waals surface area contributed by atoms with Crippen molar-refractivity contribution >= 4 is 54.5 Å². The van der Waals surface area contributed by atoms with Gasteiger partial charge in [0.1, 0.15) is 5.75 Å². The Kier molecular flexibility index (Phi) is 4.07. The van der Waals surface area contributed by atoms with Gasteiger partial charge in [-0.15, -0.1) is 22.7 Å². The summed E-state index contributed by atoms with van der Waals surface area (Å²) in [6.45, 7) is 0. The van der Waals surface area contributed by atoms with Crippen LogP contribution in [0.4, 0.5) is 0 Å². The molecule has 0 saturated carbocycles. The smallest absolute Gasteiger partial charge is 0.129 e.